The molecule has 0 aliphatic rings. The highest BCUT2D eigenvalue weighted by Gasteiger charge is 2.40. The van der Waals surface area contributed by atoms with Crippen LogP contribution in [-0.2, 0) is 30.4 Å². The lowest BCUT2D eigenvalue weighted by Gasteiger charge is -2.28. The molecule has 0 saturated carbocycles. The maximum Gasteiger partial charge on any atom is 0.320 e. The summed E-state index contributed by atoms with van der Waals surface area (Å²) in [5.41, 5.74) is 1.02. The first-order chi connectivity index (χ1) is 12.0. The van der Waals surface area contributed by atoms with Gasteiger partial charge >= 0.3 is 11.9 Å². The fraction of sp³-hybridized carbons (Fsp3) is 0.500. The van der Waals surface area contributed by atoms with Gasteiger partial charge in [0.05, 0.1) is 25.9 Å². The Balaban J connectivity index is 2.90. The molecular formula is C20H28O5. The van der Waals surface area contributed by atoms with Gasteiger partial charge in [-0.25, -0.2) is 0 Å². The Morgan fingerprint density at radius 1 is 1.08 bits per heavy atom. The van der Waals surface area contributed by atoms with Crippen LogP contribution in [0.1, 0.15) is 32.8 Å². The van der Waals surface area contributed by atoms with E-state index in [1.165, 1.54) is 0 Å². The van der Waals surface area contributed by atoms with Gasteiger partial charge in [-0.2, -0.15) is 0 Å². The molecule has 2 unspecified atom stereocenters. The number of esters is 2. The van der Waals surface area contributed by atoms with E-state index in [4.69, 9.17) is 14.2 Å². The molecular weight excluding hydrogens is 320 g/mol. The Morgan fingerprint density at radius 3 is 2.12 bits per heavy atom. The summed E-state index contributed by atoms with van der Waals surface area (Å²) >= 11 is 0. The van der Waals surface area contributed by atoms with Crippen molar-refractivity contribution in [1.82, 2.24) is 0 Å². The fourth-order valence-corrected chi connectivity index (χ4v) is 2.63. The first-order valence-electron chi connectivity index (χ1n) is 8.64. The summed E-state index contributed by atoms with van der Waals surface area (Å²) < 4.78 is 16.1. The van der Waals surface area contributed by atoms with Gasteiger partial charge in [0.1, 0.15) is 0 Å². The van der Waals surface area contributed by atoms with Crippen LogP contribution in [0.3, 0.4) is 0 Å². The van der Waals surface area contributed by atoms with E-state index in [9.17, 15) is 9.59 Å². The number of carbonyl (C=O) groups is 2. The number of carbonyl (C=O) groups excluding carboxylic acids is 2. The predicted octanol–water partition coefficient (Wildman–Crippen LogP) is 3.53. The fourth-order valence-electron chi connectivity index (χ4n) is 2.63. The standard InChI is InChI=1S/C20H28O5/c1-5-11-17(15(4)25-14-16-12-9-8-10-13-16)18(19(21)23-6-2)20(22)24-7-3/h5,8-10,12-13,15,17-18H,1,6-7,11,14H2,2-4H3. The van der Waals surface area contributed by atoms with E-state index >= 15 is 0 Å². The quantitative estimate of drug-likeness (QED) is 0.348. The van der Waals surface area contributed by atoms with Gasteiger partial charge < -0.3 is 14.2 Å². The molecule has 0 amide bonds. The number of rotatable bonds is 11. The minimum Gasteiger partial charge on any atom is -0.465 e. The summed E-state index contributed by atoms with van der Waals surface area (Å²) in [7, 11) is 0. The smallest absolute Gasteiger partial charge is 0.320 e. The highest BCUT2D eigenvalue weighted by Crippen LogP contribution is 2.26. The zero-order chi connectivity index (χ0) is 18.7. The second-order valence-electron chi connectivity index (χ2n) is 5.67. The maximum absolute atomic E-state index is 12.3. The summed E-state index contributed by atoms with van der Waals surface area (Å²) in [6, 6.07) is 9.73. The van der Waals surface area contributed by atoms with Gasteiger partial charge in [0, 0.05) is 5.92 Å². The number of hydrogen-bond acceptors (Lipinski definition) is 5. The van der Waals surface area contributed by atoms with Crippen LogP contribution in [0.25, 0.3) is 0 Å². The van der Waals surface area contributed by atoms with E-state index in [-0.39, 0.29) is 19.3 Å². The molecule has 5 heteroatoms. The third-order valence-electron chi connectivity index (χ3n) is 3.91. The largest absolute Gasteiger partial charge is 0.465 e. The summed E-state index contributed by atoms with van der Waals surface area (Å²) in [5.74, 6) is -2.59. The lowest BCUT2D eigenvalue weighted by molar-refractivity contribution is -0.167. The Bertz CT molecular complexity index is 522. The first kappa shape index (κ1) is 20.9. The van der Waals surface area contributed by atoms with Gasteiger partial charge in [-0.3, -0.25) is 9.59 Å². The van der Waals surface area contributed by atoms with Crippen molar-refractivity contribution in [3.63, 3.8) is 0 Å². The van der Waals surface area contributed by atoms with E-state index < -0.39 is 23.8 Å². The summed E-state index contributed by atoms with van der Waals surface area (Å²) in [6.45, 7) is 9.80. The third-order valence-corrected chi connectivity index (χ3v) is 3.91. The van der Waals surface area contributed by atoms with Crippen LogP contribution >= 0.6 is 0 Å². The maximum atomic E-state index is 12.3. The van der Waals surface area contributed by atoms with E-state index in [1.807, 2.05) is 37.3 Å². The van der Waals surface area contributed by atoms with Crippen LogP contribution in [0.15, 0.2) is 43.0 Å². The average Bonchev–Trinajstić information content (AvgIpc) is 2.60. The van der Waals surface area contributed by atoms with E-state index in [1.54, 1.807) is 19.9 Å². The van der Waals surface area contributed by atoms with Gasteiger partial charge in [-0.15, -0.1) is 6.58 Å². The molecule has 0 fully saturated rings. The second kappa shape index (κ2) is 11.4. The molecule has 0 spiro atoms. The molecule has 138 valence electrons. The number of hydrogen-bond donors (Lipinski definition) is 0. The van der Waals surface area contributed by atoms with Crippen LogP contribution in [0.4, 0.5) is 0 Å². The topological polar surface area (TPSA) is 61.8 Å². The molecule has 0 aliphatic carbocycles. The van der Waals surface area contributed by atoms with Crippen molar-refractivity contribution >= 4 is 11.9 Å². The molecule has 5 nitrogen and oxygen atoms in total. The third kappa shape index (κ3) is 6.70. The summed E-state index contributed by atoms with van der Waals surface area (Å²) in [5, 5.41) is 0. The summed E-state index contributed by atoms with van der Waals surface area (Å²) in [4.78, 5) is 24.7. The lowest BCUT2D eigenvalue weighted by Crippen LogP contribution is -2.40. The minimum absolute atomic E-state index is 0.203. The minimum atomic E-state index is -1.02. The second-order valence-corrected chi connectivity index (χ2v) is 5.67. The van der Waals surface area contributed by atoms with Gasteiger partial charge in [-0.1, -0.05) is 36.4 Å². The highest BCUT2D eigenvalue weighted by atomic mass is 16.6. The van der Waals surface area contributed by atoms with Gasteiger partial charge in [0.2, 0.25) is 0 Å². The zero-order valence-corrected chi connectivity index (χ0v) is 15.3. The molecule has 0 saturated heterocycles. The first-order valence-corrected chi connectivity index (χ1v) is 8.64. The van der Waals surface area contributed by atoms with Crippen LogP contribution in [0.2, 0.25) is 0 Å². The van der Waals surface area contributed by atoms with Crippen LogP contribution in [0.5, 0.6) is 0 Å². The van der Waals surface area contributed by atoms with E-state index in [0.29, 0.717) is 13.0 Å². The molecule has 0 N–H and O–H groups in total. The van der Waals surface area contributed by atoms with Crippen molar-refractivity contribution in [2.75, 3.05) is 13.2 Å². The van der Waals surface area contributed by atoms with Gasteiger partial charge in [0.15, 0.2) is 5.92 Å². The van der Waals surface area contributed by atoms with E-state index in [2.05, 4.69) is 6.58 Å². The Hall–Kier alpha value is -2.14. The molecule has 0 aliphatic heterocycles. The number of ether oxygens (including phenoxy) is 3. The SMILES string of the molecule is C=CCC(C(C)OCc1ccccc1)C(C(=O)OCC)C(=O)OCC. The Morgan fingerprint density at radius 2 is 1.64 bits per heavy atom. The highest BCUT2D eigenvalue weighted by molar-refractivity contribution is 5.95. The normalized spacial score (nSPS) is 13.1. The predicted molar refractivity (Wildman–Crippen MR) is 95.8 cm³/mol. The average molecular weight is 348 g/mol. The van der Waals surface area contributed by atoms with Crippen LogP contribution < -0.4 is 0 Å². The molecule has 25 heavy (non-hydrogen) atoms. The molecule has 1 rings (SSSR count). The molecule has 0 radical (unpaired) electrons. The van der Waals surface area contributed by atoms with Gasteiger partial charge in [0.25, 0.3) is 0 Å². The lowest BCUT2D eigenvalue weighted by atomic mass is 9.85. The van der Waals surface area contributed by atoms with Crippen molar-refractivity contribution in [2.24, 2.45) is 11.8 Å². The Labute approximate surface area is 150 Å². The van der Waals surface area contributed by atoms with Crippen molar-refractivity contribution in [3.05, 3.63) is 48.6 Å². The number of allylic oxidation sites excluding steroid dienone is 1. The molecule has 1 aromatic rings. The van der Waals surface area contributed by atoms with Gasteiger partial charge in [-0.05, 0) is 32.8 Å². The van der Waals surface area contributed by atoms with Crippen molar-refractivity contribution < 1.29 is 23.8 Å². The van der Waals surface area contributed by atoms with Crippen LogP contribution in [-0.4, -0.2) is 31.3 Å². The van der Waals surface area contributed by atoms with Crippen molar-refractivity contribution in [1.29, 1.82) is 0 Å². The van der Waals surface area contributed by atoms with Crippen LogP contribution in [0, 0.1) is 11.8 Å². The monoisotopic (exact) mass is 348 g/mol. The molecule has 0 heterocycles. The molecule has 0 bridgehead atoms. The van der Waals surface area contributed by atoms with Crippen molar-refractivity contribution in [2.45, 2.75) is 39.9 Å². The van der Waals surface area contributed by atoms with E-state index in [0.717, 1.165) is 5.56 Å². The Kier molecular flexibility index (Phi) is 9.55. The molecule has 2 atom stereocenters. The summed E-state index contributed by atoms with van der Waals surface area (Å²) in [6.07, 6.45) is 1.77. The van der Waals surface area contributed by atoms with Crippen molar-refractivity contribution in [3.8, 4) is 0 Å². The molecule has 0 aromatic heterocycles. The molecule has 1 aromatic carbocycles. The number of benzene rings is 1. The zero-order valence-electron chi connectivity index (χ0n) is 15.3.